The predicted molar refractivity (Wildman–Crippen MR) is 84.1 cm³/mol. The molecule has 1 N–H and O–H groups in total. The van der Waals surface area contributed by atoms with E-state index in [-0.39, 0.29) is 37.1 Å². The molecule has 0 aliphatic heterocycles. The minimum atomic E-state index is -0.326. The van der Waals surface area contributed by atoms with Crippen LogP contribution in [0.1, 0.15) is 21.7 Å². The number of rotatable bonds is 6. The average molecular weight is 320 g/mol. The summed E-state index contributed by atoms with van der Waals surface area (Å²) in [5, 5.41) is 4.52. The Labute approximate surface area is 132 Å². The van der Waals surface area contributed by atoms with E-state index in [0.717, 1.165) is 0 Å². The van der Waals surface area contributed by atoms with E-state index in [1.807, 2.05) is 5.38 Å². The van der Waals surface area contributed by atoms with Crippen molar-refractivity contribution in [3.05, 3.63) is 58.0 Å². The van der Waals surface area contributed by atoms with Gasteiger partial charge in [-0.15, -0.1) is 11.3 Å². The summed E-state index contributed by atoms with van der Waals surface area (Å²) < 4.78 is 13.5. The molecule has 0 fully saturated rings. The van der Waals surface area contributed by atoms with E-state index in [9.17, 15) is 14.0 Å². The monoisotopic (exact) mass is 320 g/mol. The summed E-state index contributed by atoms with van der Waals surface area (Å²) >= 11 is 1.35. The largest absolute Gasteiger partial charge is 0.351 e. The molecule has 1 aromatic carbocycles. The summed E-state index contributed by atoms with van der Waals surface area (Å²) in [6, 6.07) is 9.89. The first-order valence-electron chi connectivity index (χ1n) is 6.87. The number of thiophene rings is 1. The lowest BCUT2D eigenvalue weighted by Crippen LogP contribution is -2.31. The minimum absolute atomic E-state index is 0.144. The molecule has 0 unspecified atom stereocenters. The van der Waals surface area contributed by atoms with E-state index < -0.39 is 0 Å². The smallest absolute Gasteiger partial charge is 0.261 e. The van der Waals surface area contributed by atoms with E-state index in [4.69, 9.17) is 0 Å². The van der Waals surface area contributed by atoms with Crippen molar-refractivity contribution in [1.29, 1.82) is 0 Å². The molecular formula is C16H17FN2O2S. The lowest BCUT2D eigenvalue weighted by molar-refractivity contribution is -0.130. The quantitative estimate of drug-likeness (QED) is 0.889. The highest BCUT2D eigenvalue weighted by atomic mass is 32.1. The van der Waals surface area contributed by atoms with Gasteiger partial charge in [0.2, 0.25) is 5.91 Å². The van der Waals surface area contributed by atoms with Crippen molar-refractivity contribution >= 4 is 23.2 Å². The molecule has 2 rings (SSSR count). The van der Waals surface area contributed by atoms with E-state index in [1.165, 1.54) is 22.3 Å². The van der Waals surface area contributed by atoms with E-state index in [2.05, 4.69) is 5.32 Å². The standard InChI is InChI=1S/C16H17FN2O2S/c1-19(11-12-5-2-3-6-13(12)17)15(20)8-9-18-16(21)14-7-4-10-22-14/h2-7,10H,8-9,11H2,1H3,(H,18,21). The molecule has 116 valence electrons. The Bertz CT molecular complexity index is 643. The lowest BCUT2D eigenvalue weighted by atomic mass is 10.2. The zero-order valence-electron chi connectivity index (χ0n) is 12.2. The number of nitrogens with zero attached hydrogens (tertiary/aromatic N) is 1. The third kappa shape index (κ3) is 4.39. The molecule has 1 heterocycles. The second kappa shape index (κ2) is 7.70. The van der Waals surface area contributed by atoms with E-state index in [1.54, 1.807) is 37.4 Å². The zero-order valence-corrected chi connectivity index (χ0v) is 13.0. The van der Waals surface area contributed by atoms with Gasteiger partial charge >= 0.3 is 0 Å². The van der Waals surface area contributed by atoms with Crippen LogP contribution in [0, 0.1) is 5.82 Å². The van der Waals surface area contributed by atoms with Crippen LogP contribution in [0.25, 0.3) is 0 Å². The minimum Gasteiger partial charge on any atom is -0.351 e. The first-order chi connectivity index (χ1) is 10.6. The summed E-state index contributed by atoms with van der Waals surface area (Å²) in [6.07, 6.45) is 0.183. The first kappa shape index (κ1) is 16.2. The third-order valence-electron chi connectivity index (χ3n) is 3.16. The summed E-state index contributed by atoms with van der Waals surface area (Å²) in [5.74, 6) is -0.651. The van der Waals surface area contributed by atoms with Gasteiger partial charge in [0, 0.05) is 32.1 Å². The first-order valence-corrected chi connectivity index (χ1v) is 7.75. The average Bonchev–Trinajstić information content (AvgIpc) is 3.03. The van der Waals surface area contributed by atoms with Crippen LogP contribution in [0.5, 0.6) is 0 Å². The number of amides is 2. The highest BCUT2D eigenvalue weighted by molar-refractivity contribution is 7.12. The summed E-state index contributed by atoms with van der Waals surface area (Å²) in [5.41, 5.74) is 0.473. The zero-order chi connectivity index (χ0) is 15.9. The molecule has 0 spiro atoms. The number of hydrogen-bond acceptors (Lipinski definition) is 3. The molecule has 0 bridgehead atoms. The summed E-state index contributed by atoms with van der Waals surface area (Å²) in [7, 11) is 1.62. The summed E-state index contributed by atoms with van der Waals surface area (Å²) in [4.78, 5) is 25.8. The maximum atomic E-state index is 13.5. The van der Waals surface area contributed by atoms with Crippen molar-refractivity contribution in [3.8, 4) is 0 Å². The molecule has 0 aliphatic rings. The predicted octanol–water partition coefficient (Wildman–Crippen LogP) is 2.67. The van der Waals surface area contributed by atoms with Crippen LogP contribution in [0.15, 0.2) is 41.8 Å². The van der Waals surface area contributed by atoms with Crippen LogP contribution < -0.4 is 5.32 Å². The Morgan fingerprint density at radius 1 is 1.23 bits per heavy atom. The maximum absolute atomic E-state index is 13.5. The van der Waals surface area contributed by atoms with Gasteiger partial charge in [-0.1, -0.05) is 24.3 Å². The normalized spacial score (nSPS) is 10.3. The van der Waals surface area contributed by atoms with Gasteiger partial charge in [0.15, 0.2) is 0 Å². The Balaban J connectivity index is 1.77. The highest BCUT2D eigenvalue weighted by Crippen LogP contribution is 2.10. The van der Waals surface area contributed by atoms with Gasteiger partial charge in [0.25, 0.3) is 5.91 Å². The Morgan fingerprint density at radius 3 is 2.68 bits per heavy atom. The van der Waals surface area contributed by atoms with Crippen molar-refractivity contribution in [3.63, 3.8) is 0 Å². The molecule has 0 atom stereocenters. The Morgan fingerprint density at radius 2 is 2.00 bits per heavy atom. The highest BCUT2D eigenvalue weighted by Gasteiger charge is 2.12. The molecular weight excluding hydrogens is 303 g/mol. The molecule has 0 aliphatic carbocycles. The maximum Gasteiger partial charge on any atom is 0.261 e. The topological polar surface area (TPSA) is 49.4 Å². The van der Waals surface area contributed by atoms with Crippen molar-refractivity contribution in [1.82, 2.24) is 10.2 Å². The van der Waals surface area contributed by atoms with Crippen LogP contribution in [-0.2, 0) is 11.3 Å². The fraction of sp³-hybridized carbons (Fsp3) is 0.250. The van der Waals surface area contributed by atoms with Gasteiger partial charge in [-0.25, -0.2) is 4.39 Å². The molecule has 0 saturated heterocycles. The molecule has 2 amide bonds. The van der Waals surface area contributed by atoms with Crippen LogP contribution in [0.3, 0.4) is 0 Å². The number of benzene rings is 1. The molecule has 0 radical (unpaired) electrons. The van der Waals surface area contributed by atoms with Crippen LogP contribution in [0.2, 0.25) is 0 Å². The fourth-order valence-corrected chi connectivity index (χ4v) is 2.58. The van der Waals surface area contributed by atoms with Crippen LogP contribution in [-0.4, -0.2) is 30.3 Å². The third-order valence-corrected chi connectivity index (χ3v) is 4.03. The van der Waals surface area contributed by atoms with Gasteiger partial charge in [-0.3, -0.25) is 9.59 Å². The van der Waals surface area contributed by atoms with Gasteiger partial charge < -0.3 is 10.2 Å². The van der Waals surface area contributed by atoms with Gasteiger partial charge in [-0.2, -0.15) is 0 Å². The van der Waals surface area contributed by atoms with Crippen molar-refractivity contribution < 1.29 is 14.0 Å². The Hall–Kier alpha value is -2.21. The number of carbonyl (C=O) groups excluding carboxylic acids is 2. The van der Waals surface area contributed by atoms with E-state index >= 15 is 0 Å². The van der Waals surface area contributed by atoms with Gasteiger partial charge in [-0.05, 0) is 17.5 Å². The van der Waals surface area contributed by atoms with Gasteiger partial charge in [0.05, 0.1) is 4.88 Å². The SMILES string of the molecule is CN(Cc1ccccc1F)C(=O)CCNC(=O)c1cccs1. The summed E-state index contributed by atoms with van der Waals surface area (Å²) in [6.45, 7) is 0.474. The number of halogens is 1. The molecule has 6 heteroatoms. The fourth-order valence-electron chi connectivity index (χ4n) is 1.94. The van der Waals surface area contributed by atoms with Gasteiger partial charge in [0.1, 0.15) is 5.82 Å². The number of carbonyl (C=O) groups is 2. The molecule has 22 heavy (non-hydrogen) atoms. The molecule has 0 saturated carbocycles. The van der Waals surface area contributed by atoms with Crippen LogP contribution in [0.4, 0.5) is 4.39 Å². The van der Waals surface area contributed by atoms with Crippen molar-refractivity contribution in [2.45, 2.75) is 13.0 Å². The number of hydrogen-bond donors (Lipinski definition) is 1. The van der Waals surface area contributed by atoms with Crippen LogP contribution >= 0.6 is 11.3 Å². The second-order valence-electron chi connectivity index (χ2n) is 4.82. The molecule has 2 aromatic rings. The lowest BCUT2D eigenvalue weighted by Gasteiger charge is -2.17. The molecule has 1 aromatic heterocycles. The second-order valence-corrected chi connectivity index (χ2v) is 5.77. The van der Waals surface area contributed by atoms with E-state index in [0.29, 0.717) is 10.4 Å². The Kier molecular flexibility index (Phi) is 5.66. The van der Waals surface area contributed by atoms with Crippen molar-refractivity contribution in [2.75, 3.05) is 13.6 Å². The number of nitrogens with one attached hydrogen (secondary N) is 1. The molecule has 4 nitrogen and oxygen atoms in total. The van der Waals surface area contributed by atoms with Crippen molar-refractivity contribution in [2.24, 2.45) is 0 Å².